The number of fused-ring (bicyclic) bond motifs is 8. The fourth-order valence-corrected chi connectivity index (χ4v) is 3.50. The van der Waals surface area contributed by atoms with Gasteiger partial charge in [-0.1, -0.05) is 0 Å². The number of H-pyrrole nitrogens is 3. The zero-order valence-electron chi connectivity index (χ0n) is 13.4. The molecule has 0 fully saturated rings. The molecule has 0 unspecified atom stereocenters. The first kappa shape index (κ1) is 13.6. The second-order valence-corrected chi connectivity index (χ2v) is 6.64. The zero-order valence-corrected chi connectivity index (χ0v) is 13.4. The Balaban J connectivity index is 1.48. The van der Waals surface area contributed by atoms with Gasteiger partial charge in [-0.15, -0.1) is 0 Å². The lowest BCUT2D eigenvalue weighted by Gasteiger charge is -2.19. The van der Waals surface area contributed by atoms with Crippen LogP contribution >= 0.6 is 0 Å². The quantitative estimate of drug-likeness (QED) is 0.597. The monoisotopic (exact) mass is 318 g/mol. The van der Waals surface area contributed by atoms with Gasteiger partial charge in [0.05, 0.1) is 13.1 Å². The molecule has 0 saturated carbocycles. The highest BCUT2D eigenvalue weighted by molar-refractivity contribution is 5.26. The Bertz CT molecular complexity index is 812. The average molecular weight is 318 g/mol. The standard InChI is InChI=1S/C19H20N5/c1-2-15-10-17-4-6-19(22-17)12-24-8-7-23(13-24)11-18-5-3-16(21-18)9-14(1)20-15/h1-8,13,20-22H,9-12H2. The molecule has 0 aliphatic carbocycles. The Labute approximate surface area is 141 Å². The maximum atomic E-state index is 3.54. The molecule has 2 aliphatic heterocycles. The van der Waals surface area contributed by atoms with Crippen LogP contribution in [0.25, 0.3) is 0 Å². The van der Waals surface area contributed by atoms with Crippen molar-refractivity contribution < 1.29 is 0 Å². The average Bonchev–Trinajstić information content (AvgIpc) is 3.32. The first-order valence-corrected chi connectivity index (χ1v) is 8.35. The second-order valence-electron chi connectivity index (χ2n) is 6.64. The minimum absolute atomic E-state index is 0.860. The summed E-state index contributed by atoms with van der Waals surface area (Å²) in [5, 5.41) is 0. The molecule has 1 radical (unpaired) electrons. The van der Waals surface area contributed by atoms with E-state index in [0.717, 1.165) is 25.9 Å². The molecule has 0 amide bonds. The first-order valence-electron chi connectivity index (χ1n) is 8.35. The normalized spacial score (nSPS) is 16.8. The third kappa shape index (κ3) is 2.62. The summed E-state index contributed by atoms with van der Waals surface area (Å²) in [6, 6.07) is 13.1. The molecule has 8 bridgehead atoms. The molecule has 0 atom stereocenters. The fourth-order valence-electron chi connectivity index (χ4n) is 3.50. The molecule has 3 N–H and O–H groups in total. The number of aromatic amines is 3. The Morgan fingerprint density at radius 1 is 0.542 bits per heavy atom. The van der Waals surface area contributed by atoms with Crippen molar-refractivity contribution in [1.29, 1.82) is 0 Å². The largest absolute Gasteiger partial charge is 0.362 e. The third-order valence-corrected chi connectivity index (χ3v) is 4.63. The van der Waals surface area contributed by atoms with Gasteiger partial charge in [-0.3, -0.25) is 0 Å². The molecule has 2 aliphatic rings. The summed E-state index contributed by atoms with van der Waals surface area (Å²) in [5.74, 6) is 0. The topological polar surface area (TPSA) is 53.9 Å². The molecule has 5 heterocycles. The highest BCUT2D eigenvalue weighted by Gasteiger charge is 2.16. The Hall–Kier alpha value is -2.82. The molecular formula is C19H20N5. The van der Waals surface area contributed by atoms with Gasteiger partial charge in [-0.05, 0) is 36.4 Å². The van der Waals surface area contributed by atoms with Gasteiger partial charge >= 0.3 is 0 Å². The molecule has 0 aromatic carbocycles. The fraction of sp³-hybridized carbons (Fsp3) is 0.211. The smallest absolute Gasteiger partial charge is 0.142 e. The van der Waals surface area contributed by atoms with Gasteiger partial charge in [0.1, 0.15) is 6.67 Å². The lowest BCUT2D eigenvalue weighted by molar-refractivity contribution is 0.330. The summed E-state index contributed by atoms with van der Waals surface area (Å²) in [5.41, 5.74) is 7.44. The Kier molecular flexibility index (Phi) is 3.04. The molecule has 3 aromatic rings. The highest BCUT2D eigenvalue weighted by atomic mass is 15.3. The van der Waals surface area contributed by atoms with Crippen molar-refractivity contribution in [1.82, 2.24) is 24.8 Å². The molecule has 3 aromatic heterocycles. The van der Waals surface area contributed by atoms with Gasteiger partial charge in [0.15, 0.2) is 0 Å². The van der Waals surface area contributed by atoms with E-state index in [-0.39, 0.29) is 0 Å². The molecule has 0 saturated heterocycles. The van der Waals surface area contributed by atoms with E-state index in [1.165, 1.54) is 34.2 Å². The summed E-state index contributed by atoms with van der Waals surface area (Å²) in [6.45, 7) is 3.88. The third-order valence-electron chi connectivity index (χ3n) is 4.63. The molecule has 0 spiro atoms. The first-order chi connectivity index (χ1) is 11.8. The van der Waals surface area contributed by atoms with Crippen LogP contribution < -0.4 is 0 Å². The lowest BCUT2D eigenvalue weighted by atomic mass is 10.2. The van der Waals surface area contributed by atoms with Crippen molar-refractivity contribution in [2.75, 3.05) is 0 Å². The van der Waals surface area contributed by atoms with Crippen LogP contribution in [0.1, 0.15) is 34.2 Å². The lowest BCUT2D eigenvalue weighted by Crippen LogP contribution is -2.19. The van der Waals surface area contributed by atoms with Crippen LogP contribution in [0.4, 0.5) is 0 Å². The Morgan fingerprint density at radius 2 is 0.917 bits per heavy atom. The van der Waals surface area contributed by atoms with Gasteiger partial charge in [0, 0.05) is 59.4 Å². The van der Waals surface area contributed by atoms with E-state index in [4.69, 9.17) is 0 Å². The van der Waals surface area contributed by atoms with E-state index in [9.17, 15) is 0 Å². The van der Waals surface area contributed by atoms with Crippen LogP contribution in [0.15, 0.2) is 48.8 Å². The van der Waals surface area contributed by atoms with Gasteiger partial charge in [-0.2, -0.15) is 0 Å². The van der Waals surface area contributed by atoms with E-state index < -0.39 is 0 Å². The molecule has 5 nitrogen and oxygen atoms in total. The van der Waals surface area contributed by atoms with Crippen LogP contribution in [0.5, 0.6) is 0 Å². The predicted molar refractivity (Wildman–Crippen MR) is 92.5 cm³/mol. The van der Waals surface area contributed by atoms with Crippen molar-refractivity contribution >= 4 is 0 Å². The number of nitrogens with zero attached hydrogens (tertiary/aromatic N) is 2. The van der Waals surface area contributed by atoms with Crippen LogP contribution in [0.2, 0.25) is 0 Å². The number of hydrogen-bond acceptors (Lipinski definition) is 2. The number of aromatic nitrogens is 3. The Morgan fingerprint density at radius 3 is 1.38 bits per heavy atom. The highest BCUT2D eigenvalue weighted by Crippen LogP contribution is 2.20. The van der Waals surface area contributed by atoms with Crippen LogP contribution in [-0.4, -0.2) is 24.8 Å². The number of hydrogen-bond donors (Lipinski definition) is 3. The SMILES string of the molecule is [CH]1N2C=CN1Cc1ccc([nH]1)Cc1ccc([nH]1)Cc1ccc([nH]1)C2. The molecule has 5 heteroatoms. The predicted octanol–water partition coefficient (Wildman–Crippen LogP) is 3.07. The minimum atomic E-state index is 0.860. The maximum Gasteiger partial charge on any atom is 0.142 e. The summed E-state index contributed by atoms with van der Waals surface area (Å²) < 4.78 is 0. The number of rotatable bonds is 0. The van der Waals surface area contributed by atoms with Crippen molar-refractivity contribution in [3.05, 3.63) is 89.6 Å². The van der Waals surface area contributed by atoms with E-state index >= 15 is 0 Å². The maximum absolute atomic E-state index is 3.54. The van der Waals surface area contributed by atoms with Crippen molar-refractivity contribution in [2.24, 2.45) is 0 Å². The number of nitrogens with one attached hydrogen (secondary N) is 3. The van der Waals surface area contributed by atoms with Gasteiger partial charge in [0.2, 0.25) is 0 Å². The summed E-state index contributed by atoms with van der Waals surface area (Å²) >= 11 is 0. The minimum Gasteiger partial charge on any atom is -0.362 e. The zero-order chi connectivity index (χ0) is 15.9. The van der Waals surface area contributed by atoms with E-state index in [2.05, 4.69) is 80.2 Å². The molecule has 24 heavy (non-hydrogen) atoms. The second kappa shape index (κ2) is 5.37. The van der Waals surface area contributed by atoms with E-state index in [1.807, 2.05) is 0 Å². The van der Waals surface area contributed by atoms with Gasteiger partial charge in [-0.25, -0.2) is 0 Å². The van der Waals surface area contributed by atoms with Crippen molar-refractivity contribution in [2.45, 2.75) is 25.9 Å². The van der Waals surface area contributed by atoms with Crippen molar-refractivity contribution in [3.8, 4) is 0 Å². The summed E-state index contributed by atoms with van der Waals surface area (Å²) in [6.07, 6.45) is 6.06. The van der Waals surface area contributed by atoms with Gasteiger partial charge in [0.25, 0.3) is 0 Å². The summed E-state index contributed by atoms with van der Waals surface area (Å²) in [4.78, 5) is 15.0. The molecule has 5 rings (SSSR count). The van der Waals surface area contributed by atoms with Crippen molar-refractivity contribution in [3.63, 3.8) is 0 Å². The van der Waals surface area contributed by atoms with Crippen LogP contribution in [0.3, 0.4) is 0 Å². The van der Waals surface area contributed by atoms with E-state index in [0.29, 0.717) is 0 Å². The van der Waals surface area contributed by atoms with Gasteiger partial charge < -0.3 is 24.8 Å². The van der Waals surface area contributed by atoms with E-state index in [1.54, 1.807) is 0 Å². The molecular weight excluding hydrogens is 298 g/mol. The summed E-state index contributed by atoms with van der Waals surface area (Å²) in [7, 11) is 0. The van der Waals surface area contributed by atoms with Crippen LogP contribution in [-0.2, 0) is 25.9 Å². The van der Waals surface area contributed by atoms with Crippen LogP contribution in [0, 0.1) is 6.67 Å². The molecule has 121 valence electrons.